The summed E-state index contributed by atoms with van der Waals surface area (Å²) in [4.78, 5) is 33.7. The number of benzene rings is 1. The zero-order valence-corrected chi connectivity index (χ0v) is 18.2. The Morgan fingerprint density at radius 2 is 1.88 bits per heavy atom. The van der Waals surface area contributed by atoms with Gasteiger partial charge in [0.15, 0.2) is 0 Å². The Kier molecular flexibility index (Phi) is 7.42. The van der Waals surface area contributed by atoms with Crippen LogP contribution < -0.4 is 10.2 Å². The lowest BCUT2D eigenvalue weighted by atomic mass is 10.0. The van der Waals surface area contributed by atoms with E-state index in [0.29, 0.717) is 29.1 Å². The van der Waals surface area contributed by atoms with Crippen molar-refractivity contribution in [2.24, 2.45) is 0 Å². The summed E-state index contributed by atoms with van der Waals surface area (Å²) >= 11 is 0. The maximum Gasteiger partial charge on any atom is 0.390 e. The first-order valence-electron chi connectivity index (χ1n) is 10.2. The van der Waals surface area contributed by atoms with Crippen molar-refractivity contribution in [2.45, 2.75) is 33.0 Å². The lowest BCUT2D eigenvalue weighted by molar-refractivity contribution is -0.133. The van der Waals surface area contributed by atoms with Crippen LogP contribution in [-0.4, -0.2) is 34.5 Å². The number of nitrogens with one attached hydrogen (secondary N) is 1. The number of aryl methyl sites for hydroxylation is 1. The van der Waals surface area contributed by atoms with Gasteiger partial charge in [0.1, 0.15) is 0 Å². The molecular weight excluding hydrogens is 433 g/mol. The summed E-state index contributed by atoms with van der Waals surface area (Å²) in [7, 11) is 0. The molecule has 0 fully saturated rings. The monoisotopic (exact) mass is 456 g/mol. The van der Waals surface area contributed by atoms with E-state index in [9.17, 15) is 22.8 Å². The SMILES string of the molecule is CC(=O)N(CCC(F)(F)F)c1ccc(-c2ccc(C(=O)NCc3cccnc3)cn2)cc1C. The molecule has 0 aliphatic rings. The number of carbonyl (C=O) groups excluding carboxylic acids is 2. The molecule has 0 unspecified atom stereocenters. The van der Waals surface area contributed by atoms with Crippen molar-refractivity contribution in [3.8, 4) is 11.3 Å². The van der Waals surface area contributed by atoms with Gasteiger partial charge in [0.2, 0.25) is 5.91 Å². The summed E-state index contributed by atoms with van der Waals surface area (Å²) in [5, 5.41) is 2.80. The number of amides is 2. The van der Waals surface area contributed by atoms with Crippen LogP contribution in [0.1, 0.15) is 34.8 Å². The minimum absolute atomic E-state index is 0.272. The predicted octanol–water partition coefficient (Wildman–Crippen LogP) is 4.69. The maximum atomic E-state index is 12.6. The van der Waals surface area contributed by atoms with Gasteiger partial charge in [-0.25, -0.2) is 0 Å². The number of rotatable bonds is 7. The molecule has 2 amide bonds. The van der Waals surface area contributed by atoms with E-state index in [0.717, 1.165) is 16.0 Å². The van der Waals surface area contributed by atoms with E-state index in [2.05, 4.69) is 15.3 Å². The van der Waals surface area contributed by atoms with Gasteiger partial charge >= 0.3 is 6.18 Å². The predicted molar refractivity (Wildman–Crippen MR) is 119 cm³/mol. The zero-order chi connectivity index (χ0) is 24.0. The highest BCUT2D eigenvalue weighted by Crippen LogP contribution is 2.28. The van der Waals surface area contributed by atoms with Gasteiger partial charge in [0.25, 0.3) is 5.91 Å². The van der Waals surface area contributed by atoms with Gasteiger partial charge in [0.05, 0.1) is 17.7 Å². The Labute approximate surface area is 189 Å². The zero-order valence-electron chi connectivity index (χ0n) is 18.2. The molecule has 0 atom stereocenters. The molecule has 6 nitrogen and oxygen atoms in total. The van der Waals surface area contributed by atoms with Crippen molar-refractivity contribution in [3.05, 3.63) is 77.7 Å². The van der Waals surface area contributed by atoms with Crippen LogP contribution in [0.15, 0.2) is 61.1 Å². The molecule has 0 aliphatic heterocycles. The van der Waals surface area contributed by atoms with Gasteiger partial charge in [0, 0.05) is 49.9 Å². The second-order valence-corrected chi connectivity index (χ2v) is 7.51. The first kappa shape index (κ1) is 23.9. The third kappa shape index (κ3) is 6.61. The molecule has 0 saturated carbocycles. The van der Waals surface area contributed by atoms with E-state index < -0.39 is 25.0 Å². The summed E-state index contributed by atoms with van der Waals surface area (Å²) in [5.74, 6) is -0.735. The van der Waals surface area contributed by atoms with E-state index in [1.54, 1.807) is 55.7 Å². The number of pyridine rings is 2. The minimum atomic E-state index is -4.35. The molecule has 3 rings (SSSR count). The summed E-state index contributed by atoms with van der Waals surface area (Å²) in [5.41, 5.74) is 3.65. The third-order valence-corrected chi connectivity index (χ3v) is 4.98. The number of alkyl halides is 3. The van der Waals surface area contributed by atoms with Gasteiger partial charge < -0.3 is 10.2 Å². The van der Waals surface area contributed by atoms with Crippen LogP contribution in [-0.2, 0) is 11.3 Å². The Morgan fingerprint density at radius 1 is 1.09 bits per heavy atom. The van der Waals surface area contributed by atoms with Crippen LogP contribution in [0.3, 0.4) is 0 Å². The van der Waals surface area contributed by atoms with E-state index in [1.807, 2.05) is 6.07 Å². The number of halogens is 3. The van der Waals surface area contributed by atoms with Crippen LogP contribution in [0.5, 0.6) is 0 Å². The third-order valence-electron chi connectivity index (χ3n) is 4.98. The molecule has 1 N–H and O–H groups in total. The standard InChI is InChI=1S/C24H23F3N4O2/c1-16-12-19(6-8-22(16)31(17(2)32)11-9-24(25,26)27)21-7-5-20(15-29-21)23(33)30-14-18-4-3-10-28-13-18/h3-8,10,12-13,15H,9,11,14H2,1-2H3,(H,30,33). The van der Waals surface area contributed by atoms with Gasteiger partial charge in [-0.1, -0.05) is 12.1 Å². The number of aromatic nitrogens is 2. The molecule has 0 bridgehead atoms. The van der Waals surface area contributed by atoms with Crippen molar-refractivity contribution in [1.82, 2.24) is 15.3 Å². The van der Waals surface area contributed by atoms with Crippen molar-refractivity contribution >= 4 is 17.5 Å². The van der Waals surface area contributed by atoms with Crippen LogP contribution in [0.2, 0.25) is 0 Å². The smallest absolute Gasteiger partial charge is 0.348 e. The number of hydrogen-bond donors (Lipinski definition) is 1. The molecular formula is C24H23F3N4O2. The van der Waals surface area contributed by atoms with Crippen molar-refractivity contribution in [1.29, 1.82) is 0 Å². The fourth-order valence-corrected chi connectivity index (χ4v) is 3.29. The highest BCUT2D eigenvalue weighted by atomic mass is 19.4. The first-order valence-corrected chi connectivity index (χ1v) is 10.2. The summed E-state index contributed by atoms with van der Waals surface area (Å²) in [6, 6.07) is 12.0. The lowest BCUT2D eigenvalue weighted by Gasteiger charge is -2.24. The number of anilines is 1. The molecule has 33 heavy (non-hydrogen) atoms. The topological polar surface area (TPSA) is 75.2 Å². The normalized spacial score (nSPS) is 11.2. The summed E-state index contributed by atoms with van der Waals surface area (Å²) in [6.45, 7) is 2.86. The minimum Gasteiger partial charge on any atom is -0.348 e. The Hall–Kier alpha value is -3.75. The lowest BCUT2D eigenvalue weighted by Crippen LogP contribution is -2.32. The fraction of sp³-hybridized carbons (Fsp3) is 0.250. The van der Waals surface area contributed by atoms with Gasteiger partial charge in [-0.15, -0.1) is 0 Å². The first-order chi connectivity index (χ1) is 15.6. The van der Waals surface area contributed by atoms with Crippen molar-refractivity contribution in [3.63, 3.8) is 0 Å². The molecule has 2 aromatic heterocycles. The Morgan fingerprint density at radius 3 is 2.45 bits per heavy atom. The van der Waals surface area contributed by atoms with Crippen LogP contribution in [0.4, 0.5) is 18.9 Å². The van der Waals surface area contributed by atoms with Crippen LogP contribution >= 0.6 is 0 Å². The number of nitrogens with zero attached hydrogens (tertiary/aromatic N) is 3. The van der Waals surface area contributed by atoms with E-state index >= 15 is 0 Å². The second-order valence-electron chi connectivity index (χ2n) is 7.51. The maximum absolute atomic E-state index is 12.6. The van der Waals surface area contributed by atoms with Gasteiger partial charge in [-0.05, 0) is 48.4 Å². The molecule has 0 saturated heterocycles. The van der Waals surface area contributed by atoms with Crippen molar-refractivity contribution < 1.29 is 22.8 Å². The summed E-state index contributed by atoms with van der Waals surface area (Å²) < 4.78 is 37.9. The molecule has 0 spiro atoms. The van der Waals surface area contributed by atoms with E-state index in [-0.39, 0.29) is 5.91 Å². The van der Waals surface area contributed by atoms with Crippen molar-refractivity contribution in [2.75, 3.05) is 11.4 Å². The molecule has 3 aromatic rings. The molecule has 0 aliphatic carbocycles. The molecule has 9 heteroatoms. The number of carbonyl (C=O) groups is 2. The van der Waals surface area contributed by atoms with Gasteiger partial charge in [-0.3, -0.25) is 19.6 Å². The quantitative estimate of drug-likeness (QED) is 0.560. The van der Waals surface area contributed by atoms with Crippen LogP contribution in [0, 0.1) is 6.92 Å². The largest absolute Gasteiger partial charge is 0.390 e. The van der Waals surface area contributed by atoms with Gasteiger partial charge in [-0.2, -0.15) is 13.2 Å². The fourth-order valence-electron chi connectivity index (χ4n) is 3.29. The molecule has 2 heterocycles. The second kappa shape index (κ2) is 10.2. The number of hydrogen-bond acceptors (Lipinski definition) is 4. The van der Waals surface area contributed by atoms with E-state index in [4.69, 9.17) is 0 Å². The van der Waals surface area contributed by atoms with Crippen LogP contribution in [0.25, 0.3) is 11.3 Å². The molecule has 1 aromatic carbocycles. The highest BCUT2D eigenvalue weighted by molar-refractivity contribution is 5.94. The molecule has 0 radical (unpaired) electrons. The Bertz CT molecular complexity index is 1120. The molecule has 172 valence electrons. The highest BCUT2D eigenvalue weighted by Gasteiger charge is 2.29. The Balaban J connectivity index is 1.71. The summed E-state index contributed by atoms with van der Waals surface area (Å²) in [6.07, 6.45) is -0.647. The average molecular weight is 456 g/mol. The van der Waals surface area contributed by atoms with E-state index in [1.165, 1.54) is 13.1 Å². The average Bonchev–Trinajstić information content (AvgIpc) is 2.78.